The van der Waals surface area contributed by atoms with Crippen molar-refractivity contribution < 1.29 is 19.1 Å². The van der Waals surface area contributed by atoms with Crippen molar-refractivity contribution in [1.82, 2.24) is 4.98 Å². The van der Waals surface area contributed by atoms with Crippen LogP contribution < -0.4 is 10.2 Å². The fourth-order valence-corrected chi connectivity index (χ4v) is 4.15. The molecule has 2 amide bonds. The number of carbonyl (C=O) groups is 3. The number of aromatic nitrogens is 1. The molecule has 2 heterocycles. The Morgan fingerprint density at radius 2 is 2.11 bits per heavy atom. The molecule has 27 heavy (non-hydrogen) atoms. The molecule has 0 saturated heterocycles. The molecule has 1 aromatic carbocycles. The summed E-state index contributed by atoms with van der Waals surface area (Å²) < 4.78 is 4.68. The third-order valence-corrected chi connectivity index (χ3v) is 5.27. The standard InChI is InChI=1S/C19H21N3O4S/c1-5-26-18(25)17(24)21-19-20-16(11(3)27-19)13-6-7-15-14(9-13)8-10(2)22(15)12(4)23/h6-7,9-10H,5,8H2,1-4H3,(H,20,21,24)/t10-/m0/s1. The Balaban J connectivity index is 1.85. The summed E-state index contributed by atoms with van der Waals surface area (Å²) in [6.45, 7) is 7.28. The normalized spacial score (nSPS) is 15.4. The van der Waals surface area contributed by atoms with Gasteiger partial charge in [-0.2, -0.15) is 0 Å². The molecule has 0 fully saturated rings. The summed E-state index contributed by atoms with van der Waals surface area (Å²) in [5.41, 5.74) is 3.69. The second-order valence-corrected chi connectivity index (χ2v) is 7.59. The quantitative estimate of drug-likeness (QED) is 0.646. The minimum absolute atomic E-state index is 0.0304. The first kappa shape index (κ1) is 19.0. The number of thiazole rings is 1. The third kappa shape index (κ3) is 3.71. The number of carbonyl (C=O) groups excluding carboxylic acids is 3. The highest BCUT2D eigenvalue weighted by molar-refractivity contribution is 7.16. The molecule has 1 aromatic heterocycles. The van der Waals surface area contributed by atoms with Gasteiger partial charge in [0.25, 0.3) is 0 Å². The maximum Gasteiger partial charge on any atom is 0.397 e. The Bertz CT molecular complexity index is 922. The summed E-state index contributed by atoms with van der Waals surface area (Å²) in [5, 5.41) is 2.83. The zero-order valence-electron chi connectivity index (χ0n) is 15.7. The molecule has 0 radical (unpaired) electrons. The molecule has 0 aliphatic carbocycles. The van der Waals surface area contributed by atoms with E-state index in [0.717, 1.165) is 33.8 Å². The summed E-state index contributed by atoms with van der Waals surface area (Å²) in [7, 11) is 0. The van der Waals surface area contributed by atoms with Gasteiger partial charge in [0.1, 0.15) is 0 Å². The number of rotatable bonds is 3. The van der Waals surface area contributed by atoms with Crippen molar-refractivity contribution in [2.45, 2.75) is 40.2 Å². The average Bonchev–Trinajstić information content (AvgIpc) is 3.12. The predicted octanol–water partition coefficient (Wildman–Crippen LogP) is 2.92. The molecule has 1 atom stereocenters. The Kier molecular flexibility index (Phi) is 5.27. The zero-order chi connectivity index (χ0) is 19.7. The van der Waals surface area contributed by atoms with Gasteiger partial charge < -0.3 is 9.64 Å². The maximum absolute atomic E-state index is 11.9. The second-order valence-electron chi connectivity index (χ2n) is 6.38. The lowest BCUT2D eigenvalue weighted by molar-refractivity contribution is -0.152. The molecule has 0 unspecified atom stereocenters. The van der Waals surface area contributed by atoms with Crippen molar-refractivity contribution in [3.05, 3.63) is 28.6 Å². The molecular weight excluding hydrogens is 366 g/mol. The largest absolute Gasteiger partial charge is 0.459 e. The summed E-state index contributed by atoms with van der Waals surface area (Å²) in [5.74, 6) is -1.73. The van der Waals surface area contributed by atoms with Crippen LogP contribution >= 0.6 is 11.3 Å². The van der Waals surface area contributed by atoms with E-state index < -0.39 is 11.9 Å². The van der Waals surface area contributed by atoms with E-state index >= 15 is 0 Å². The van der Waals surface area contributed by atoms with E-state index in [1.165, 1.54) is 11.3 Å². The molecule has 3 rings (SSSR count). The first-order valence-electron chi connectivity index (χ1n) is 8.70. The van der Waals surface area contributed by atoms with Crippen molar-refractivity contribution in [3.63, 3.8) is 0 Å². The van der Waals surface area contributed by atoms with E-state index in [-0.39, 0.29) is 18.6 Å². The van der Waals surface area contributed by atoms with Crippen LogP contribution in [0.25, 0.3) is 11.3 Å². The Morgan fingerprint density at radius 3 is 2.78 bits per heavy atom. The van der Waals surface area contributed by atoms with E-state index in [1.54, 1.807) is 18.7 Å². The van der Waals surface area contributed by atoms with Gasteiger partial charge in [-0.15, -0.1) is 11.3 Å². The van der Waals surface area contributed by atoms with Gasteiger partial charge in [0.05, 0.1) is 12.3 Å². The van der Waals surface area contributed by atoms with Crippen molar-refractivity contribution in [3.8, 4) is 11.3 Å². The average molecular weight is 387 g/mol. The number of aryl methyl sites for hydroxylation is 1. The van der Waals surface area contributed by atoms with Crippen LogP contribution in [0, 0.1) is 6.92 Å². The highest BCUT2D eigenvalue weighted by atomic mass is 32.1. The first-order valence-corrected chi connectivity index (χ1v) is 9.52. The third-order valence-electron chi connectivity index (χ3n) is 4.39. The molecular formula is C19H21N3O4S. The molecule has 1 aliphatic heterocycles. The summed E-state index contributed by atoms with van der Waals surface area (Å²) in [6.07, 6.45) is 0.790. The number of ether oxygens (including phenoxy) is 1. The molecule has 0 spiro atoms. The van der Waals surface area contributed by atoms with Crippen LogP contribution in [0.1, 0.15) is 31.2 Å². The Labute approximate surface area is 161 Å². The summed E-state index contributed by atoms with van der Waals surface area (Å²) in [6, 6.07) is 6.02. The number of fused-ring (bicyclic) bond motifs is 1. The fourth-order valence-electron chi connectivity index (χ4n) is 3.32. The molecule has 142 valence electrons. The minimum atomic E-state index is -0.928. The predicted molar refractivity (Wildman–Crippen MR) is 104 cm³/mol. The van der Waals surface area contributed by atoms with Gasteiger partial charge in [0.15, 0.2) is 5.13 Å². The van der Waals surface area contributed by atoms with Gasteiger partial charge in [-0.05, 0) is 44.9 Å². The van der Waals surface area contributed by atoms with E-state index in [0.29, 0.717) is 5.13 Å². The minimum Gasteiger partial charge on any atom is -0.459 e. The van der Waals surface area contributed by atoms with Gasteiger partial charge in [-0.25, -0.2) is 9.78 Å². The number of esters is 1. The first-order chi connectivity index (χ1) is 12.8. The summed E-state index contributed by atoms with van der Waals surface area (Å²) >= 11 is 1.30. The lowest BCUT2D eigenvalue weighted by Crippen LogP contribution is -2.33. The van der Waals surface area contributed by atoms with Crippen LogP contribution in [-0.4, -0.2) is 35.4 Å². The van der Waals surface area contributed by atoms with Crippen LogP contribution in [0.4, 0.5) is 10.8 Å². The molecule has 2 aromatic rings. The van der Waals surface area contributed by atoms with Crippen LogP contribution in [0.2, 0.25) is 0 Å². The van der Waals surface area contributed by atoms with Crippen molar-refractivity contribution in [1.29, 1.82) is 0 Å². The topological polar surface area (TPSA) is 88.6 Å². The fraction of sp³-hybridized carbons (Fsp3) is 0.368. The number of nitrogens with zero attached hydrogens (tertiary/aromatic N) is 2. The molecule has 1 aliphatic rings. The Morgan fingerprint density at radius 1 is 1.37 bits per heavy atom. The lowest BCUT2D eigenvalue weighted by atomic mass is 10.0. The zero-order valence-corrected chi connectivity index (χ0v) is 16.5. The number of hydrogen-bond acceptors (Lipinski definition) is 6. The van der Waals surface area contributed by atoms with E-state index in [2.05, 4.69) is 15.0 Å². The number of amides is 2. The Hall–Kier alpha value is -2.74. The molecule has 8 heteroatoms. The van der Waals surface area contributed by atoms with Gasteiger partial charge in [0.2, 0.25) is 5.91 Å². The number of hydrogen-bond donors (Lipinski definition) is 1. The number of benzene rings is 1. The van der Waals surface area contributed by atoms with Crippen LogP contribution in [0.3, 0.4) is 0 Å². The van der Waals surface area contributed by atoms with Gasteiger partial charge in [-0.1, -0.05) is 6.07 Å². The second kappa shape index (κ2) is 7.48. The number of nitrogens with one attached hydrogen (secondary N) is 1. The number of anilines is 2. The van der Waals surface area contributed by atoms with Crippen molar-refractivity contribution >= 4 is 39.9 Å². The smallest absolute Gasteiger partial charge is 0.397 e. The monoisotopic (exact) mass is 387 g/mol. The SMILES string of the molecule is CCOC(=O)C(=O)Nc1nc(-c2ccc3c(c2)C[C@H](C)N3C(C)=O)c(C)s1. The van der Waals surface area contributed by atoms with Gasteiger partial charge in [0, 0.05) is 29.1 Å². The highest BCUT2D eigenvalue weighted by Crippen LogP contribution is 2.37. The molecule has 7 nitrogen and oxygen atoms in total. The highest BCUT2D eigenvalue weighted by Gasteiger charge is 2.29. The van der Waals surface area contributed by atoms with Gasteiger partial charge in [-0.3, -0.25) is 14.9 Å². The van der Waals surface area contributed by atoms with E-state index in [1.807, 2.05) is 32.0 Å². The van der Waals surface area contributed by atoms with Crippen LogP contribution in [0.5, 0.6) is 0 Å². The van der Waals surface area contributed by atoms with Crippen molar-refractivity contribution in [2.75, 3.05) is 16.8 Å². The molecule has 0 bridgehead atoms. The summed E-state index contributed by atoms with van der Waals surface area (Å²) in [4.78, 5) is 42.3. The van der Waals surface area contributed by atoms with Crippen LogP contribution in [0.15, 0.2) is 18.2 Å². The molecule has 1 N–H and O–H groups in total. The van der Waals surface area contributed by atoms with Crippen molar-refractivity contribution in [2.24, 2.45) is 0 Å². The lowest BCUT2D eigenvalue weighted by Gasteiger charge is -2.20. The maximum atomic E-state index is 11.9. The van der Waals surface area contributed by atoms with E-state index in [4.69, 9.17) is 0 Å². The van der Waals surface area contributed by atoms with E-state index in [9.17, 15) is 14.4 Å². The van der Waals surface area contributed by atoms with Gasteiger partial charge >= 0.3 is 11.9 Å². The van der Waals surface area contributed by atoms with Crippen LogP contribution in [-0.2, 0) is 25.5 Å². The molecule has 0 saturated carbocycles.